The number of aliphatic hydroxyl groups excluding tert-OH is 1. The molecule has 0 fully saturated rings. The van der Waals surface area contributed by atoms with Crippen LogP contribution in [-0.4, -0.2) is 49.5 Å². The van der Waals surface area contributed by atoms with Crippen molar-refractivity contribution in [3.63, 3.8) is 0 Å². The van der Waals surface area contributed by atoms with Crippen molar-refractivity contribution >= 4 is 27.3 Å². The van der Waals surface area contributed by atoms with Crippen LogP contribution < -0.4 is 0 Å². The number of allylic oxidation sites excluding steroid dienone is 1. The number of aliphatic hydroxyl groups is 1. The number of unbranched alkanes of at least 4 members (excludes halogenated alkanes) is 1. The highest BCUT2D eigenvalue weighted by Gasteiger charge is 2.30. The molecule has 0 saturated heterocycles. The van der Waals surface area contributed by atoms with Crippen LogP contribution in [0.15, 0.2) is 41.5 Å². The Hall–Kier alpha value is -1.89. The third-order valence-corrected chi connectivity index (χ3v) is 5.42. The van der Waals surface area contributed by atoms with E-state index in [1.807, 2.05) is 18.2 Å². The van der Waals surface area contributed by atoms with Gasteiger partial charge in [-0.2, -0.15) is 0 Å². The average molecular weight is 375 g/mol. The lowest BCUT2D eigenvalue weighted by Gasteiger charge is -2.30. The molecule has 0 aliphatic carbocycles. The predicted octanol–water partition coefficient (Wildman–Crippen LogP) is 3.49. The van der Waals surface area contributed by atoms with Crippen LogP contribution in [0.4, 0.5) is 0 Å². The molecule has 2 heterocycles. The van der Waals surface area contributed by atoms with Crippen LogP contribution in [0, 0.1) is 0 Å². The van der Waals surface area contributed by atoms with Crippen molar-refractivity contribution in [2.45, 2.75) is 31.5 Å². The Morgan fingerprint density at radius 3 is 2.92 bits per heavy atom. The zero-order valence-electron chi connectivity index (χ0n) is 15.2. The van der Waals surface area contributed by atoms with Gasteiger partial charge < -0.3 is 19.5 Å². The number of fused-ring (bicyclic) bond motifs is 1. The molecular formula is C20H25NO4S. The normalized spacial score (nSPS) is 19.9. The second kappa shape index (κ2) is 8.66. The van der Waals surface area contributed by atoms with Gasteiger partial charge >= 0.3 is 0 Å². The highest BCUT2D eigenvalue weighted by atomic mass is 32.1. The molecule has 1 aliphatic rings. The van der Waals surface area contributed by atoms with Gasteiger partial charge in [0.1, 0.15) is 0 Å². The number of likely N-dealkylation sites (N-methyl/N-ethyl adjacent to an activating group) is 1. The Balaban J connectivity index is 1.84. The third-order valence-electron chi connectivity index (χ3n) is 4.44. The number of amides is 1. The summed E-state index contributed by atoms with van der Waals surface area (Å²) in [5, 5.41) is 12.3. The molecule has 26 heavy (non-hydrogen) atoms. The molecule has 0 radical (unpaired) electrons. The molecule has 5 nitrogen and oxygen atoms in total. The lowest BCUT2D eigenvalue weighted by Crippen LogP contribution is -2.32. The van der Waals surface area contributed by atoms with Crippen molar-refractivity contribution < 1.29 is 19.4 Å². The van der Waals surface area contributed by atoms with Gasteiger partial charge in [0.2, 0.25) is 6.29 Å². The van der Waals surface area contributed by atoms with E-state index in [9.17, 15) is 4.79 Å². The number of rotatable bonds is 7. The molecule has 1 aliphatic heterocycles. The summed E-state index contributed by atoms with van der Waals surface area (Å²) < 4.78 is 12.9. The summed E-state index contributed by atoms with van der Waals surface area (Å²) in [6.07, 6.45) is 3.60. The first-order chi connectivity index (χ1) is 12.6. The fourth-order valence-corrected chi connectivity index (χ4v) is 4.09. The molecule has 6 heteroatoms. The Morgan fingerprint density at radius 2 is 2.15 bits per heavy atom. The predicted molar refractivity (Wildman–Crippen MR) is 103 cm³/mol. The van der Waals surface area contributed by atoms with Gasteiger partial charge in [-0.15, -0.1) is 11.3 Å². The maximum absolute atomic E-state index is 12.4. The monoisotopic (exact) mass is 375 g/mol. The molecule has 2 atom stereocenters. The molecule has 0 spiro atoms. The number of hydrogen-bond donors (Lipinski definition) is 1. The minimum Gasteiger partial charge on any atom is -0.459 e. The SMILES string of the molecule is CN(C)C(=O)C1=C[C@@H](c2csc3ccccc23)C[C@@H](OCCCCO)O1. The van der Waals surface area contributed by atoms with Gasteiger partial charge in [-0.25, -0.2) is 0 Å². The molecule has 0 bridgehead atoms. The zero-order valence-corrected chi connectivity index (χ0v) is 16.0. The van der Waals surface area contributed by atoms with Gasteiger partial charge in [0.05, 0.1) is 6.61 Å². The van der Waals surface area contributed by atoms with Crippen LogP contribution in [-0.2, 0) is 14.3 Å². The van der Waals surface area contributed by atoms with Gasteiger partial charge in [0.25, 0.3) is 5.91 Å². The second-order valence-electron chi connectivity index (χ2n) is 6.61. The Kier molecular flexibility index (Phi) is 6.29. The van der Waals surface area contributed by atoms with Crippen LogP contribution in [0.3, 0.4) is 0 Å². The van der Waals surface area contributed by atoms with E-state index in [0.717, 1.165) is 6.42 Å². The number of nitrogens with zero attached hydrogens (tertiary/aromatic N) is 1. The summed E-state index contributed by atoms with van der Waals surface area (Å²) >= 11 is 1.72. The zero-order chi connectivity index (χ0) is 18.5. The van der Waals surface area contributed by atoms with Crippen molar-refractivity contribution in [3.8, 4) is 0 Å². The van der Waals surface area contributed by atoms with Crippen molar-refractivity contribution in [1.29, 1.82) is 0 Å². The summed E-state index contributed by atoms with van der Waals surface area (Å²) in [7, 11) is 3.43. The molecule has 3 rings (SSSR count). The fourth-order valence-electron chi connectivity index (χ4n) is 3.06. The molecule has 1 N–H and O–H groups in total. The van der Waals surface area contributed by atoms with Gasteiger partial charge in [-0.1, -0.05) is 18.2 Å². The molecule has 140 valence electrons. The third kappa shape index (κ3) is 4.26. The van der Waals surface area contributed by atoms with Gasteiger partial charge in [-0.05, 0) is 41.3 Å². The number of carbonyl (C=O) groups is 1. The number of ether oxygens (including phenoxy) is 2. The van der Waals surface area contributed by atoms with E-state index in [1.165, 1.54) is 20.5 Å². The summed E-state index contributed by atoms with van der Waals surface area (Å²) in [4.78, 5) is 14.0. The van der Waals surface area contributed by atoms with E-state index < -0.39 is 6.29 Å². The molecule has 0 saturated carbocycles. The lowest BCUT2D eigenvalue weighted by atomic mass is 9.92. The molecule has 1 amide bonds. The summed E-state index contributed by atoms with van der Waals surface area (Å²) in [6, 6.07) is 8.31. The van der Waals surface area contributed by atoms with Crippen molar-refractivity contribution in [1.82, 2.24) is 4.90 Å². The van der Waals surface area contributed by atoms with Crippen LogP contribution in [0.2, 0.25) is 0 Å². The topological polar surface area (TPSA) is 59.0 Å². The number of hydrogen-bond acceptors (Lipinski definition) is 5. The molecule has 1 aromatic heterocycles. The molecular weight excluding hydrogens is 350 g/mol. The van der Waals surface area contributed by atoms with E-state index in [4.69, 9.17) is 14.6 Å². The second-order valence-corrected chi connectivity index (χ2v) is 7.52. The van der Waals surface area contributed by atoms with E-state index in [2.05, 4.69) is 17.5 Å². The smallest absolute Gasteiger partial charge is 0.288 e. The van der Waals surface area contributed by atoms with Crippen molar-refractivity contribution in [3.05, 3.63) is 47.0 Å². The summed E-state index contributed by atoms with van der Waals surface area (Å²) in [5.41, 5.74) is 1.21. The van der Waals surface area contributed by atoms with E-state index in [1.54, 1.807) is 25.4 Å². The van der Waals surface area contributed by atoms with Gasteiger partial charge in [0.15, 0.2) is 5.76 Å². The standard InChI is InChI=1S/C20H25NO4S/c1-21(2)20(23)17-11-14(12-19(25-17)24-10-6-5-9-22)16-13-26-18-8-4-3-7-15(16)18/h3-4,7-8,11,13-14,19,22H,5-6,9-10,12H2,1-2H3/t14-,19+/m1/s1. The van der Waals surface area contributed by atoms with Crippen LogP contribution in [0.1, 0.15) is 30.7 Å². The largest absolute Gasteiger partial charge is 0.459 e. The number of benzene rings is 1. The molecule has 0 unspecified atom stereocenters. The lowest BCUT2D eigenvalue weighted by molar-refractivity contribution is -0.151. The highest BCUT2D eigenvalue weighted by Crippen LogP contribution is 2.38. The minimum atomic E-state index is -0.457. The van der Waals surface area contributed by atoms with E-state index in [-0.39, 0.29) is 18.4 Å². The Morgan fingerprint density at radius 1 is 1.35 bits per heavy atom. The van der Waals surface area contributed by atoms with E-state index >= 15 is 0 Å². The van der Waals surface area contributed by atoms with Crippen LogP contribution in [0.25, 0.3) is 10.1 Å². The number of thiophene rings is 1. The minimum absolute atomic E-state index is 0.0710. The van der Waals surface area contributed by atoms with Gasteiger partial charge in [-0.3, -0.25) is 4.79 Å². The Labute approximate surface area is 157 Å². The number of carbonyl (C=O) groups excluding carboxylic acids is 1. The first kappa shape index (κ1) is 18.9. The van der Waals surface area contributed by atoms with Crippen LogP contribution in [0.5, 0.6) is 0 Å². The maximum atomic E-state index is 12.4. The van der Waals surface area contributed by atoms with Gasteiger partial charge in [0, 0.05) is 37.7 Å². The van der Waals surface area contributed by atoms with Crippen LogP contribution >= 0.6 is 11.3 Å². The summed E-state index contributed by atoms with van der Waals surface area (Å²) in [6.45, 7) is 0.661. The van der Waals surface area contributed by atoms with Crippen molar-refractivity contribution in [2.24, 2.45) is 0 Å². The van der Waals surface area contributed by atoms with E-state index in [0.29, 0.717) is 25.2 Å². The quantitative estimate of drug-likeness (QED) is 0.753. The molecule has 1 aromatic carbocycles. The first-order valence-corrected chi connectivity index (χ1v) is 9.77. The highest BCUT2D eigenvalue weighted by molar-refractivity contribution is 7.17. The summed E-state index contributed by atoms with van der Waals surface area (Å²) in [5.74, 6) is 0.258. The maximum Gasteiger partial charge on any atom is 0.288 e. The Bertz CT molecular complexity index is 783. The van der Waals surface area contributed by atoms with Crippen molar-refractivity contribution in [2.75, 3.05) is 27.3 Å². The fraction of sp³-hybridized carbons (Fsp3) is 0.450. The first-order valence-electron chi connectivity index (χ1n) is 8.89. The molecule has 2 aromatic rings. The average Bonchev–Trinajstić information content (AvgIpc) is 3.08.